The van der Waals surface area contributed by atoms with Crippen molar-refractivity contribution >= 4 is 22.6 Å². The predicted molar refractivity (Wildman–Crippen MR) is 109 cm³/mol. The van der Waals surface area contributed by atoms with Gasteiger partial charge in [0.25, 0.3) is 0 Å². The van der Waals surface area contributed by atoms with E-state index in [9.17, 15) is 10.1 Å². The van der Waals surface area contributed by atoms with Crippen molar-refractivity contribution in [2.24, 2.45) is 5.41 Å². The third kappa shape index (κ3) is 3.24. The molecule has 0 radical (unpaired) electrons. The first-order valence-electron chi connectivity index (χ1n) is 9.56. The minimum absolute atomic E-state index is 0.0220. The Balaban J connectivity index is 1.82. The summed E-state index contributed by atoms with van der Waals surface area (Å²) >= 11 is 0. The number of nitrogens with one attached hydrogen (secondary N) is 1. The quantitative estimate of drug-likeness (QED) is 0.691. The Hall–Kier alpha value is -3.20. The fraction of sp³-hybridized carbons (Fsp3) is 0.364. The van der Waals surface area contributed by atoms with Crippen molar-refractivity contribution in [1.82, 2.24) is 15.0 Å². The van der Waals surface area contributed by atoms with E-state index in [2.05, 4.69) is 27.0 Å². The number of aromatic amines is 1. The van der Waals surface area contributed by atoms with Gasteiger partial charge in [-0.05, 0) is 31.0 Å². The molecule has 28 heavy (non-hydrogen) atoms. The van der Waals surface area contributed by atoms with Gasteiger partial charge in [0.2, 0.25) is 0 Å². The maximum atomic E-state index is 12.8. The van der Waals surface area contributed by atoms with E-state index in [4.69, 9.17) is 4.98 Å². The Bertz CT molecular complexity index is 1090. The van der Waals surface area contributed by atoms with Crippen molar-refractivity contribution in [3.05, 3.63) is 41.7 Å². The molecule has 1 aliphatic heterocycles. The van der Waals surface area contributed by atoms with Gasteiger partial charge >= 0.3 is 0 Å². The number of H-pyrrole nitrogens is 1. The molecule has 0 aliphatic carbocycles. The number of carbonyl (C=O) groups excluding carboxylic acids is 1. The number of rotatable bonds is 3. The maximum Gasteiger partial charge on any atom is 0.171 e. The summed E-state index contributed by atoms with van der Waals surface area (Å²) in [6.45, 7) is 7.68. The van der Waals surface area contributed by atoms with Crippen molar-refractivity contribution < 1.29 is 4.79 Å². The second-order valence-electron chi connectivity index (χ2n) is 8.31. The second kappa shape index (κ2) is 6.75. The van der Waals surface area contributed by atoms with Crippen molar-refractivity contribution in [3.63, 3.8) is 0 Å². The number of benzene rings is 1. The highest BCUT2D eigenvalue weighted by Gasteiger charge is 2.26. The molecule has 3 aromatic rings. The third-order valence-corrected chi connectivity index (χ3v) is 5.12. The normalized spacial score (nSPS) is 14.4. The van der Waals surface area contributed by atoms with Gasteiger partial charge < -0.3 is 9.88 Å². The van der Waals surface area contributed by atoms with Crippen LogP contribution < -0.4 is 4.90 Å². The molecule has 3 heterocycles. The Morgan fingerprint density at radius 3 is 2.64 bits per heavy atom. The molecular weight excluding hydrogens is 350 g/mol. The number of hydrogen-bond acceptors (Lipinski definition) is 5. The van der Waals surface area contributed by atoms with Crippen molar-refractivity contribution in [2.45, 2.75) is 33.6 Å². The molecule has 1 aliphatic rings. The molecule has 6 heteroatoms. The number of anilines is 1. The number of Topliss-reactive ketones (excluding diaryl/α,β-unsaturated/α-hetero) is 1. The minimum Gasteiger partial charge on any atom is -0.371 e. The zero-order valence-corrected chi connectivity index (χ0v) is 16.4. The lowest BCUT2D eigenvalue weighted by molar-refractivity contribution is 0.0860. The van der Waals surface area contributed by atoms with Gasteiger partial charge in [0.05, 0.1) is 29.1 Å². The molecule has 0 unspecified atom stereocenters. The lowest BCUT2D eigenvalue weighted by Gasteiger charge is -2.19. The fourth-order valence-corrected chi connectivity index (χ4v) is 3.59. The second-order valence-corrected chi connectivity index (χ2v) is 8.31. The average Bonchev–Trinajstić information content (AvgIpc) is 3.35. The van der Waals surface area contributed by atoms with Gasteiger partial charge in [-0.25, -0.2) is 9.97 Å². The topological polar surface area (TPSA) is 85.7 Å². The van der Waals surface area contributed by atoms with E-state index >= 15 is 0 Å². The molecule has 0 bridgehead atoms. The zero-order chi connectivity index (χ0) is 19.9. The molecule has 4 rings (SSSR count). The summed E-state index contributed by atoms with van der Waals surface area (Å²) < 4.78 is 0. The molecule has 1 saturated heterocycles. The van der Waals surface area contributed by atoms with Crippen molar-refractivity contribution in [1.29, 1.82) is 5.26 Å². The van der Waals surface area contributed by atoms with Crippen LogP contribution in [0.25, 0.3) is 22.4 Å². The van der Waals surface area contributed by atoms with Crippen LogP contribution in [0.1, 0.15) is 49.5 Å². The van der Waals surface area contributed by atoms with E-state index in [1.165, 1.54) is 12.8 Å². The maximum absolute atomic E-state index is 12.8. The number of carbonyl (C=O) groups is 1. The van der Waals surface area contributed by atoms with Crippen molar-refractivity contribution in [3.8, 4) is 17.3 Å². The van der Waals surface area contributed by atoms with Crippen LogP contribution in [0.4, 0.5) is 5.69 Å². The Morgan fingerprint density at radius 2 is 1.96 bits per heavy atom. The molecule has 142 valence electrons. The molecule has 0 saturated carbocycles. The van der Waals surface area contributed by atoms with Crippen LogP contribution in [0.5, 0.6) is 0 Å². The SMILES string of the molecule is CC(C)(C)C(=O)c1c[nH]c2ncc(-c3cc(C#N)cc(N4CCCC4)c3)nc12. The highest BCUT2D eigenvalue weighted by molar-refractivity contribution is 6.08. The Labute approximate surface area is 164 Å². The first-order valence-corrected chi connectivity index (χ1v) is 9.56. The van der Waals surface area contributed by atoms with Crippen LogP contribution in [-0.4, -0.2) is 33.8 Å². The van der Waals surface area contributed by atoms with Crippen molar-refractivity contribution in [2.75, 3.05) is 18.0 Å². The lowest BCUT2D eigenvalue weighted by Crippen LogP contribution is -2.20. The monoisotopic (exact) mass is 373 g/mol. The number of nitriles is 1. The molecule has 1 fully saturated rings. The predicted octanol–water partition coefficient (Wildman–Crippen LogP) is 4.33. The van der Waals surface area contributed by atoms with Crippen LogP contribution in [0, 0.1) is 16.7 Å². The fourth-order valence-electron chi connectivity index (χ4n) is 3.59. The van der Waals surface area contributed by atoms with Crippen LogP contribution in [0.2, 0.25) is 0 Å². The minimum atomic E-state index is -0.504. The van der Waals surface area contributed by atoms with Crippen LogP contribution >= 0.6 is 0 Å². The molecule has 1 N–H and O–H groups in total. The van der Waals surface area contributed by atoms with Gasteiger partial charge in [-0.2, -0.15) is 5.26 Å². The van der Waals surface area contributed by atoms with Gasteiger partial charge in [0.15, 0.2) is 11.4 Å². The molecule has 2 aromatic heterocycles. The largest absolute Gasteiger partial charge is 0.371 e. The van der Waals surface area contributed by atoms with Gasteiger partial charge in [0, 0.05) is 36.0 Å². The zero-order valence-electron chi connectivity index (χ0n) is 16.4. The first-order chi connectivity index (χ1) is 13.4. The summed E-state index contributed by atoms with van der Waals surface area (Å²) in [7, 11) is 0. The van der Waals surface area contributed by atoms with Gasteiger partial charge in [-0.15, -0.1) is 0 Å². The highest BCUT2D eigenvalue weighted by Crippen LogP contribution is 2.30. The van der Waals surface area contributed by atoms with E-state index in [0.717, 1.165) is 24.3 Å². The van der Waals surface area contributed by atoms with E-state index in [0.29, 0.717) is 28.0 Å². The Morgan fingerprint density at radius 1 is 1.21 bits per heavy atom. The Kier molecular flexibility index (Phi) is 4.38. The third-order valence-electron chi connectivity index (χ3n) is 5.12. The van der Waals surface area contributed by atoms with Gasteiger partial charge in [0.1, 0.15) is 5.52 Å². The molecule has 1 aromatic carbocycles. The van der Waals surface area contributed by atoms with Gasteiger partial charge in [-0.1, -0.05) is 20.8 Å². The standard InChI is InChI=1S/C22H23N5O/c1-22(2,3)20(28)17-12-24-21-19(17)26-18(13-25-21)15-8-14(11-23)9-16(10-15)27-6-4-5-7-27/h8-10,12-13H,4-7H2,1-3H3,(H,24,25). The molecule has 0 spiro atoms. The summed E-state index contributed by atoms with van der Waals surface area (Å²) in [6, 6.07) is 8.05. The number of hydrogen-bond donors (Lipinski definition) is 1. The van der Waals surface area contributed by atoms with Crippen LogP contribution in [-0.2, 0) is 0 Å². The summed E-state index contributed by atoms with van der Waals surface area (Å²) in [6.07, 6.45) is 5.71. The average molecular weight is 373 g/mol. The van der Waals surface area contributed by atoms with Crippen LogP contribution in [0.3, 0.4) is 0 Å². The van der Waals surface area contributed by atoms with E-state index in [1.807, 2.05) is 32.9 Å². The summed E-state index contributed by atoms with van der Waals surface area (Å²) in [5.74, 6) is 0.0220. The van der Waals surface area contributed by atoms with Gasteiger partial charge in [-0.3, -0.25) is 4.79 Å². The number of nitrogens with zero attached hydrogens (tertiary/aromatic N) is 4. The molecule has 0 amide bonds. The molecule has 6 nitrogen and oxygen atoms in total. The summed E-state index contributed by atoms with van der Waals surface area (Å²) in [5.41, 5.74) is 4.34. The van der Waals surface area contributed by atoms with E-state index in [1.54, 1.807) is 12.4 Å². The summed E-state index contributed by atoms with van der Waals surface area (Å²) in [5, 5.41) is 9.47. The lowest BCUT2D eigenvalue weighted by atomic mass is 9.87. The smallest absolute Gasteiger partial charge is 0.171 e. The number of ketones is 1. The van der Waals surface area contributed by atoms with E-state index in [-0.39, 0.29) is 5.78 Å². The number of aromatic nitrogens is 3. The van der Waals surface area contributed by atoms with Crippen LogP contribution in [0.15, 0.2) is 30.6 Å². The summed E-state index contributed by atoms with van der Waals surface area (Å²) in [4.78, 5) is 27.3. The highest BCUT2D eigenvalue weighted by atomic mass is 16.1. The number of fused-ring (bicyclic) bond motifs is 1. The molecule has 0 atom stereocenters. The van der Waals surface area contributed by atoms with E-state index < -0.39 is 5.41 Å². The molecular formula is C22H23N5O. The first kappa shape index (κ1) is 18.2.